The van der Waals surface area contributed by atoms with Crippen LogP contribution in [0.3, 0.4) is 0 Å². The molecule has 0 rings (SSSR count). The smallest absolute Gasteiger partial charge is 0.227 e. The molecule has 1 atom stereocenters. The number of hydrogen-bond donors (Lipinski definition) is 1. The van der Waals surface area contributed by atoms with Gasteiger partial charge in [0.25, 0.3) is 0 Å². The van der Waals surface area contributed by atoms with Gasteiger partial charge < -0.3 is 10.6 Å². The molecular weight excluding hydrogens is 176 g/mol. The first kappa shape index (κ1) is 13.4. The lowest BCUT2D eigenvalue weighted by Crippen LogP contribution is -2.42. The van der Waals surface area contributed by atoms with E-state index in [-0.39, 0.29) is 11.3 Å². The summed E-state index contributed by atoms with van der Waals surface area (Å²) in [6.45, 7) is 12.1. The fourth-order valence-electron chi connectivity index (χ4n) is 1.28. The third kappa shape index (κ3) is 4.09. The Hall–Kier alpha value is -0.570. The Kier molecular flexibility index (Phi) is 5.13. The Bertz CT molecular complexity index is 184. The maximum absolute atomic E-state index is 11.9. The predicted molar refractivity (Wildman–Crippen MR) is 59.9 cm³/mol. The van der Waals surface area contributed by atoms with E-state index in [0.717, 1.165) is 13.1 Å². The summed E-state index contributed by atoms with van der Waals surface area (Å²) >= 11 is 0. The zero-order chi connectivity index (χ0) is 11.4. The van der Waals surface area contributed by atoms with Gasteiger partial charge >= 0.3 is 0 Å². The summed E-state index contributed by atoms with van der Waals surface area (Å²) in [4.78, 5) is 13.8. The summed E-state index contributed by atoms with van der Waals surface area (Å²) in [5, 5.41) is 0. The van der Waals surface area contributed by atoms with Crippen molar-refractivity contribution in [3.05, 3.63) is 0 Å². The van der Waals surface area contributed by atoms with Crippen LogP contribution in [0, 0.1) is 11.3 Å². The van der Waals surface area contributed by atoms with Gasteiger partial charge in [-0.15, -0.1) is 0 Å². The van der Waals surface area contributed by atoms with Gasteiger partial charge in [0, 0.05) is 18.5 Å². The van der Waals surface area contributed by atoms with Crippen LogP contribution < -0.4 is 5.73 Å². The molecule has 84 valence electrons. The molecule has 0 saturated heterocycles. The fourth-order valence-corrected chi connectivity index (χ4v) is 1.28. The minimum absolute atomic E-state index is 0.209. The molecule has 0 aliphatic heterocycles. The van der Waals surface area contributed by atoms with E-state index in [1.807, 2.05) is 32.6 Å². The SMILES string of the molecule is CCN(CC(C)CN)C(=O)C(C)(C)C. The number of nitrogens with zero attached hydrogens (tertiary/aromatic N) is 1. The molecule has 0 aliphatic carbocycles. The molecule has 0 aromatic carbocycles. The molecule has 1 amide bonds. The van der Waals surface area contributed by atoms with Gasteiger partial charge in [-0.25, -0.2) is 0 Å². The van der Waals surface area contributed by atoms with Crippen molar-refractivity contribution in [2.45, 2.75) is 34.6 Å². The molecule has 3 heteroatoms. The largest absolute Gasteiger partial charge is 0.342 e. The molecule has 0 saturated carbocycles. The topological polar surface area (TPSA) is 46.3 Å². The summed E-state index contributed by atoms with van der Waals surface area (Å²) in [5.74, 6) is 0.585. The van der Waals surface area contributed by atoms with E-state index in [4.69, 9.17) is 5.73 Å². The number of hydrogen-bond acceptors (Lipinski definition) is 2. The van der Waals surface area contributed by atoms with Crippen molar-refractivity contribution >= 4 is 5.91 Å². The zero-order valence-electron chi connectivity index (χ0n) is 10.1. The van der Waals surface area contributed by atoms with Gasteiger partial charge in [-0.3, -0.25) is 4.79 Å². The highest BCUT2D eigenvalue weighted by molar-refractivity contribution is 5.81. The number of carbonyl (C=O) groups excluding carboxylic acids is 1. The summed E-state index contributed by atoms with van der Waals surface area (Å²) in [6, 6.07) is 0. The van der Waals surface area contributed by atoms with Gasteiger partial charge in [-0.2, -0.15) is 0 Å². The molecule has 3 nitrogen and oxygen atoms in total. The molecule has 0 aliphatic rings. The minimum atomic E-state index is -0.287. The molecule has 0 spiro atoms. The van der Waals surface area contributed by atoms with Crippen LogP contribution in [-0.2, 0) is 4.79 Å². The first-order chi connectivity index (χ1) is 6.32. The maximum atomic E-state index is 11.9. The highest BCUT2D eigenvalue weighted by Crippen LogP contribution is 2.17. The van der Waals surface area contributed by atoms with E-state index in [2.05, 4.69) is 6.92 Å². The molecule has 14 heavy (non-hydrogen) atoms. The van der Waals surface area contributed by atoms with Gasteiger partial charge in [0.15, 0.2) is 0 Å². The molecule has 0 bridgehead atoms. The molecular formula is C11H24N2O. The molecule has 0 fully saturated rings. The van der Waals surface area contributed by atoms with Crippen molar-refractivity contribution in [1.29, 1.82) is 0 Å². The molecule has 0 aromatic rings. The molecule has 0 heterocycles. The first-order valence-corrected chi connectivity index (χ1v) is 5.32. The van der Waals surface area contributed by atoms with Crippen LogP contribution in [0.2, 0.25) is 0 Å². The van der Waals surface area contributed by atoms with Gasteiger partial charge in [-0.1, -0.05) is 27.7 Å². The third-order valence-electron chi connectivity index (χ3n) is 2.24. The summed E-state index contributed by atoms with van der Waals surface area (Å²) in [5.41, 5.74) is 5.26. The number of nitrogens with two attached hydrogens (primary N) is 1. The lowest BCUT2D eigenvalue weighted by atomic mass is 9.94. The normalized spacial score (nSPS) is 13.9. The van der Waals surface area contributed by atoms with Crippen molar-refractivity contribution in [2.24, 2.45) is 17.1 Å². The van der Waals surface area contributed by atoms with Crippen molar-refractivity contribution in [2.75, 3.05) is 19.6 Å². The minimum Gasteiger partial charge on any atom is -0.342 e. The summed E-state index contributed by atoms with van der Waals surface area (Å²) in [7, 11) is 0. The van der Waals surface area contributed by atoms with Crippen LogP contribution in [0.25, 0.3) is 0 Å². The van der Waals surface area contributed by atoms with Crippen LogP contribution in [0.4, 0.5) is 0 Å². The van der Waals surface area contributed by atoms with Gasteiger partial charge in [0.1, 0.15) is 0 Å². The van der Waals surface area contributed by atoms with Crippen LogP contribution in [0.15, 0.2) is 0 Å². The number of amides is 1. The highest BCUT2D eigenvalue weighted by Gasteiger charge is 2.26. The number of rotatable bonds is 4. The fraction of sp³-hybridized carbons (Fsp3) is 0.909. The van der Waals surface area contributed by atoms with Gasteiger partial charge in [-0.05, 0) is 19.4 Å². The van der Waals surface area contributed by atoms with E-state index >= 15 is 0 Å². The Morgan fingerprint density at radius 1 is 1.43 bits per heavy atom. The predicted octanol–water partition coefficient (Wildman–Crippen LogP) is 1.48. The van der Waals surface area contributed by atoms with Crippen molar-refractivity contribution in [3.8, 4) is 0 Å². The maximum Gasteiger partial charge on any atom is 0.227 e. The van der Waals surface area contributed by atoms with Gasteiger partial charge in [0.05, 0.1) is 0 Å². The molecule has 0 aromatic heterocycles. The molecule has 0 radical (unpaired) electrons. The first-order valence-electron chi connectivity index (χ1n) is 5.32. The van der Waals surface area contributed by atoms with Crippen molar-refractivity contribution < 1.29 is 4.79 Å². The third-order valence-corrected chi connectivity index (χ3v) is 2.24. The molecule has 1 unspecified atom stereocenters. The van der Waals surface area contributed by atoms with E-state index in [9.17, 15) is 4.79 Å². The lowest BCUT2D eigenvalue weighted by Gasteiger charge is -2.30. The Morgan fingerprint density at radius 3 is 2.21 bits per heavy atom. The van der Waals surface area contributed by atoms with E-state index < -0.39 is 0 Å². The summed E-state index contributed by atoms with van der Waals surface area (Å²) < 4.78 is 0. The van der Waals surface area contributed by atoms with Crippen LogP contribution in [0.5, 0.6) is 0 Å². The second-order valence-electron chi connectivity index (χ2n) is 4.93. The Balaban J connectivity index is 4.35. The van der Waals surface area contributed by atoms with Crippen LogP contribution in [-0.4, -0.2) is 30.4 Å². The zero-order valence-corrected chi connectivity index (χ0v) is 10.1. The van der Waals surface area contributed by atoms with Crippen LogP contribution in [0.1, 0.15) is 34.6 Å². The van der Waals surface area contributed by atoms with Crippen LogP contribution >= 0.6 is 0 Å². The van der Waals surface area contributed by atoms with E-state index in [1.54, 1.807) is 0 Å². The van der Waals surface area contributed by atoms with Crippen molar-refractivity contribution in [1.82, 2.24) is 4.90 Å². The highest BCUT2D eigenvalue weighted by atomic mass is 16.2. The lowest BCUT2D eigenvalue weighted by molar-refractivity contribution is -0.139. The molecule has 2 N–H and O–H groups in total. The second-order valence-corrected chi connectivity index (χ2v) is 4.93. The second kappa shape index (κ2) is 5.35. The average molecular weight is 200 g/mol. The van der Waals surface area contributed by atoms with Crippen molar-refractivity contribution in [3.63, 3.8) is 0 Å². The Morgan fingerprint density at radius 2 is 1.93 bits per heavy atom. The monoisotopic (exact) mass is 200 g/mol. The standard InChI is InChI=1S/C11H24N2O/c1-6-13(8-9(2)7-12)10(14)11(3,4)5/h9H,6-8,12H2,1-5H3. The van der Waals surface area contributed by atoms with Gasteiger partial charge in [0.2, 0.25) is 5.91 Å². The van der Waals surface area contributed by atoms with E-state index in [0.29, 0.717) is 12.5 Å². The Labute approximate surface area is 87.6 Å². The quantitative estimate of drug-likeness (QED) is 0.747. The number of carbonyl (C=O) groups is 1. The van der Waals surface area contributed by atoms with E-state index in [1.165, 1.54) is 0 Å². The summed E-state index contributed by atoms with van der Waals surface area (Å²) in [6.07, 6.45) is 0. The average Bonchev–Trinajstić information content (AvgIpc) is 2.11.